The zero-order valence-corrected chi connectivity index (χ0v) is 36.2. The molecule has 0 fully saturated rings. The summed E-state index contributed by atoms with van der Waals surface area (Å²) in [5, 5.41) is 2.82. The van der Waals surface area contributed by atoms with E-state index in [1.807, 2.05) is 21.1 Å². The Morgan fingerprint density at radius 2 is 0.755 bits per heavy atom. The molecule has 0 aromatic carbocycles. The van der Waals surface area contributed by atoms with Crippen molar-refractivity contribution in [3.05, 3.63) is 0 Å². The Bertz CT molecular complexity index is 827. The molecule has 0 unspecified atom stereocenters. The lowest BCUT2D eigenvalue weighted by molar-refractivity contribution is -0.862. The topological polar surface area (TPSA) is 81.7 Å². The molecule has 0 bridgehead atoms. The van der Waals surface area contributed by atoms with Gasteiger partial charge in [0.05, 0.1) is 34.4 Å². The Morgan fingerprint density at radius 1 is 0.453 bits per heavy atom. The molecule has 0 aliphatic rings. The normalized spacial score (nSPS) is 12.2. The van der Waals surface area contributed by atoms with Crippen molar-refractivity contribution in [1.82, 2.24) is 5.32 Å². The Kier molecular flexibility index (Phi) is 37.4. The van der Waals surface area contributed by atoms with Gasteiger partial charge in [0.2, 0.25) is 0 Å². The van der Waals surface area contributed by atoms with Crippen LogP contribution in [0, 0.1) is 0 Å². The summed E-state index contributed by atoms with van der Waals surface area (Å²) in [6.45, 7) is 5.56. The van der Waals surface area contributed by atoms with Crippen LogP contribution >= 0.6 is 0 Å². The largest absolute Gasteiger partial charge is 0.466 e. The maximum absolute atomic E-state index is 12.9. The third-order valence-corrected chi connectivity index (χ3v) is 10.4. The molecule has 0 spiro atoms. The number of unbranched alkanes of at least 4 members (excludes halogenated alkanes) is 30. The first-order chi connectivity index (χ1) is 25.7. The van der Waals surface area contributed by atoms with Crippen molar-refractivity contribution in [2.75, 3.05) is 40.9 Å². The van der Waals surface area contributed by atoms with E-state index in [-0.39, 0.29) is 31.3 Å². The maximum atomic E-state index is 12.9. The molecular weight excluding hydrogens is 661 g/mol. The highest BCUT2D eigenvalue weighted by Gasteiger charge is 2.26. The Labute approximate surface area is 329 Å². The minimum atomic E-state index is -0.835. The number of esters is 2. The number of carbonyl (C=O) groups excluding carboxylic acids is 3. The van der Waals surface area contributed by atoms with Crippen LogP contribution < -0.4 is 5.32 Å². The smallest absolute Gasteiger partial charge is 0.328 e. The van der Waals surface area contributed by atoms with Crippen molar-refractivity contribution in [2.45, 2.75) is 238 Å². The van der Waals surface area contributed by atoms with Crippen molar-refractivity contribution in [2.24, 2.45) is 0 Å². The van der Waals surface area contributed by atoms with E-state index in [1.54, 1.807) is 0 Å². The van der Waals surface area contributed by atoms with Gasteiger partial charge in [-0.2, -0.15) is 0 Å². The van der Waals surface area contributed by atoms with Crippen LogP contribution in [0.3, 0.4) is 0 Å². The van der Waals surface area contributed by atoms with E-state index in [9.17, 15) is 14.4 Å². The molecule has 0 aromatic rings. The Morgan fingerprint density at radius 3 is 1.08 bits per heavy atom. The van der Waals surface area contributed by atoms with E-state index in [1.165, 1.54) is 173 Å². The van der Waals surface area contributed by atoms with Gasteiger partial charge in [-0.05, 0) is 19.3 Å². The van der Waals surface area contributed by atoms with Crippen LogP contribution in [0.2, 0.25) is 0 Å². The molecule has 0 aliphatic carbocycles. The van der Waals surface area contributed by atoms with E-state index in [2.05, 4.69) is 19.2 Å². The van der Waals surface area contributed by atoms with Crippen molar-refractivity contribution in [1.29, 1.82) is 0 Å². The molecular formula is C46H91N2O5+. The summed E-state index contributed by atoms with van der Waals surface area (Å²) in [6.07, 6.45) is 41.9. The molecule has 0 saturated carbocycles. The van der Waals surface area contributed by atoms with Crippen molar-refractivity contribution in [3.8, 4) is 0 Å². The highest BCUT2D eigenvalue weighted by molar-refractivity contribution is 5.85. The number of nitrogens with one attached hydrogen (secondary N) is 1. The summed E-state index contributed by atoms with van der Waals surface area (Å²) in [6, 6.07) is -0.835. The van der Waals surface area contributed by atoms with Gasteiger partial charge in [-0.25, -0.2) is 4.79 Å². The molecule has 7 heteroatoms. The van der Waals surface area contributed by atoms with Crippen LogP contribution in [-0.2, 0) is 23.9 Å². The molecule has 1 amide bonds. The first-order valence-corrected chi connectivity index (χ1v) is 23.1. The number of amides is 1. The summed E-state index contributed by atoms with van der Waals surface area (Å²) in [5.41, 5.74) is 0. The molecule has 314 valence electrons. The summed E-state index contributed by atoms with van der Waals surface area (Å²) < 4.78 is 11.5. The lowest BCUT2D eigenvalue weighted by Gasteiger charge is -2.24. The fourth-order valence-corrected chi connectivity index (χ4v) is 7.01. The number of carbonyl (C=O) groups is 3. The highest BCUT2D eigenvalue weighted by Crippen LogP contribution is 2.16. The molecule has 0 aromatic heterocycles. The number of ether oxygens (including phenoxy) is 2. The van der Waals surface area contributed by atoms with Crippen LogP contribution in [-0.4, -0.2) is 69.3 Å². The van der Waals surface area contributed by atoms with Crippen LogP contribution in [0.15, 0.2) is 0 Å². The Hall–Kier alpha value is -1.63. The highest BCUT2D eigenvalue weighted by atomic mass is 16.5. The average molecular weight is 752 g/mol. The monoisotopic (exact) mass is 752 g/mol. The number of rotatable bonds is 41. The fraction of sp³-hybridized carbons (Fsp3) is 0.935. The van der Waals surface area contributed by atoms with Crippen LogP contribution in [0.1, 0.15) is 232 Å². The fourth-order valence-electron chi connectivity index (χ4n) is 7.01. The van der Waals surface area contributed by atoms with Crippen LogP contribution in [0.25, 0.3) is 0 Å². The second-order valence-corrected chi connectivity index (χ2v) is 17.1. The van der Waals surface area contributed by atoms with E-state index in [0.29, 0.717) is 17.7 Å². The van der Waals surface area contributed by atoms with Crippen molar-refractivity contribution < 1.29 is 28.3 Å². The standard InChI is InChI=1S/C46H90N2O5/c1-6-8-10-12-14-16-18-20-22-24-26-28-30-32-34-36-40-52-45(50)39-38-43(47-44(49)42-48(3,4)5)46(51)53-41-37-35-33-31-29-27-25-23-21-19-17-15-13-11-9-7-2/h43H,6-42H2,1-5H3/p+1/t43-/m1/s1. The quantitative estimate of drug-likeness (QED) is 0.0382. The van der Waals surface area contributed by atoms with Gasteiger partial charge in [-0.15, -0.1) is 0 Å². The van der Waals surface area contributed by atoms with Gasteiger partial charge in [0.15, 0.2) is 6.54 Å². The maximum Gasteiger partial charge on any atom is 0.328 e. The lowest BCUT2D eigenvalue weighted by Crippen LogP contribution is -2.49. The van der Waals surface area contributed by atoms with Gasteiger partial charge in [-0.1, -0.05) is 206 Å². The minimum Gasteiger partial charge on any atom is -0.466 e. The lowest BCUT2D eigenvalue weighted by atomic mass is 10.0. The van der Waals surface area contributed by atoms with E-state index in [0.717, 1.165) is 32.1 Å². The number of likely N-dealkylation sites (N-methyl/N-ethyl adjacent to an activating group) is 1. The third kappa shape index (κ3) is 39.9. The summed E-state index contributed by atoms with van der Waals surface area (Å²) in [4.78, 5) is 38.1. The van der Waals surface area contributed by atoms with E-state index in [4.69, 9.17) is 9.47 Å². The molecule has 0 rings (SSSR count). The molecule has 1 atom stereocenters. The van der Waals surface area contributed by atoms with Gasteiger partial charge in [0, 0.05) is 6.42 Å². The SMILES string of the molecule is CCCCCCCCCCCCCCCCCCOC(=O)CC[C@@H](NC(=O)C[N+](C)(C)C)C(=O)OCCCCCCCCCCCCCCCCCC. The van der Waals surface area contributed by atoms with E-state index < -0.39 is 12.0 Å². The Balaban J connectivity index is 4.01. The second-order valence-electron chi connectivity index (χ2n) is 17.1. The van der Waals surface area contributed by atoms with Gasteiger partial charge >= 0.3 is 11.9 Å². The molecule has 0 radical (unpaired) electrons. The first kappa shape index (κ1) is 51.4. The molecule has 53 heavy (non-hydrogen) atoms. The van der Waals surface area contributed by atoms with E-state index >= 15 is 0 Å². The van der Waals surface area contributed by atoms with Gasteiger partial charge in [0.25, 0.3) is 5.91 Å². The van der Waals surface area contributed by atoms with Gasteiger partial charge in [0.1, 0.15) is 6.04 Å². The number of hydrogen-bond acceptors (Lipinski definition) is 5. The predicted molar refractivity (Wildman–Crippen MR) is 225 cm³/mol. The summed E-state index contributed by atoms with van der Waals surface area (Å²) in [7, 11) is 5.79. The zero-order chi connectivity index (χ0) is 39.1. The molecule has 0 heterocycles. The molecule has 0 saturated heterocycles. The molecule has 0 aliphatic heterocycles. The number of hydrogen-bond donors (Lipinski definition) is 1. The van der Waals surface area contributed by atoms with Gasteiger partial charge < -0.3 is 19.3 Å². The average Bonchev–Trinajstić information content (AvgIpc) is 3.11. The van der Waals surface area contributed by atoms with Crippen LogP contribution in [0.5, 0.6) is 0 Å². The second kappa shape index (κ2) is 38.6. The van der Waals surface area contributed by atoms with Crippen LogP contribution in [0.4, 0.5) is 0 Å². The minimum absolute atomic E-state index is 0.0856. The number of nitrogens with zero attached hydrogens (tertiary/aromatic N) is 1. The number of quaternary nitrogens is 1. The summed E-state index contributed by atoms with van der Waals surface area (Å²) >= 11 is 0. The van der Waals surface area contributed by atoms with Crippen molar-refractivity contribution >= 4 is 17.8 Å². The van der Waals surface area contributed by atoms with Crippen molar-refractivity contribution in [3.63, 3.8) is 0 Å². The predicted octanol–water partition coefficient (Wildman–Crippen LogP) is 12.6. The molecule has 1 N–H and O–H groups in total. The third-order valence-electron chi connectivity index (χ3n) is 10.4. The summed E-state index contributed by atoms with van der Waals surface area (Å²) in [5.74, 6) is -0.989. The molecule has 7 nitrogen and oxygen atoms in total. The zero-order valence-electron chi connectivity index (χ0n) is 36.2. The first-order valence-electron chi connectivity index (χ1n) is 23.1. The van der Waals surface area contributed by atoms with Gasteiger partial charge in [-0.3, -0.25) is 9.59 Å².